The van der Waals surface area contributed by atoms with E-state index in [4.69, 9.17) is 9.47 Å². The minimum atomic E-state index is -0.0888. The van der Waals surface area contributed by atoms with Crippen molar-refractivity contribution in [1.29, 1.82) is 0 Å². The van der Waals surface area contributed by atoms with Gasteiger partial charge in [-0.2, -0.15) is 0 Å². The van der Waals surface area contributed by atoms with Gasteiger partial charge in [-0.25, -0.2) is 0 Å². The van der Waals surface area contributed by atoms with Crippen molar-refractivity contribution < 1.29 is 9.47 Å². The van der Waals surface area contributed by atoms with Crippen LogP contribution in [0, 0.1) is 5.92 Å². The van der Waals surface area contributed by atoms with Gasteiger partial charge in [0, 0.05) is 19.8 Å². The summed E-state index contributed by atoms with van der Waals surface area (Å²) in [4.78, 5) is 0. The van der Waals surface area contributed by atoms with Crippen molar-refractivity contribution in [3.8, 4) is 0 Å². The van der Waals surface area contributed by atoms with Crippen LogP contribution in [0.3, 0.4) is 0 Å². The number of ether oxygens (including phenoxy) is 2. The molecule has 0 aromatic rings. The molecule has 0 fully saturated rings. The molecule has 0 saturated carbocycles. The summed E-state index contributed by atoms with van der Waals surface area (Å²) in [5.41, 5.74) is 0. The van der Waals surface area contributed by atoms with Crippen LogP contribution in [-0.4, -0.2) is 32.6 Å². The molecule has 0 aromatic carbocycles. The van der Waals surface area contributed by atoms with Crippen molar-refractivity contribution >= 4 is 0 Å². The molecule has 1 aliphatic rings. The minimum Gasteiger partial charge on any atom is -0.352 e. The highest BCUT2D eigenvalue weighted by atomic mass is 16.7. The van der Waals surface area contributed by atoms with Crippen LogP contribution in [0.4, 0.5) is 0 Å². The van der Waals surface area contributed by atoms with Crippen LogP contribution in [0.2, 0.25) is 0 Å². The maximum Gasteiger partial charge on any atom is 0.169 e. The summed E-state index contributed by atoms with van der Waals surface area (Å²) >= 11 is 0. The van der Waals surface area contributed by atoms with Crippen LogP contribution >= 0.6 is 0 Å². The van der Waals surface area contributed by atoms with Gasteiger partial charge in [0.25, 0.3) is 0 Å². The van der Waals surface area contributed by atoms with E-state index in [0.29, 0.717) is 13.2 Å². The van der Waals surface area contributed by atoms with Gasteiger partial charge in [-0.05, 0) is 45.6 Å². The van der Waals surface area contributed by atoms with Gasteiger partial charge < -0.3 is 14.8 Å². The van der Waals surface area contributed by atoms with E-state index < -0.39 is 0 Å². The van der Waals surface area contributed by atoms with E-state index in [2.05, 4.69) is 17.5 Å². The number of allylic oxidation sites excluding steroid dienone is 2. The largest absolute Gasteiger partial charge is 0.352 e. The first-order valence-corrected chi connectivity index (χ1v) is 6.45. The predicted octanol–water partition coefficient (Wildman–Crippen LogP) is 2.33. The molecule has 0 heterocycles. The monoisotopic (exact) mass is 227 g/mol. The molecule has 0 aliphatic heterocycles. The van der Waals surface area contributed by atoms with Crippen molar-refractivity contribution in [3.05, 3.63) is 12.2 Å². The Balaban J connectivity index is 2.09. The van der Waals surface area contributed by atoms with Crippen molar-refractivity contribution in [1.82, 2.24) is 5.32 Å². The third-order valence-corrected chi connectivity index (χ3v) is 2.83. The second kappa shape index (κ2) is 8.74. The highest BCUT2D eigenvalue weighted by Gasteiger charge is 2.11. The van der Waals surface area contributed by atoms with Gasteiger partial charge in [-0.15, -0.1) is 0 Å². The molecular formula is C13H25NO2. The Morgan fingerprint density at radius 3 is 2.56 bits per heavy atom. The predicted molar refractivity (Wildman–Crippen MR) is 66.4 cm³/mol. The second-order valence-electron chi connectivity index (χ2n) is 4.15. The van der Waals surface area contributed by atoms with Gasteiger partial charge >= 0.3 is 0 Å². The molecule has 3 heteroatoms. The Morgan fingerprint density at radius 1 is 1.25 bits per heavy atom. The number of hydrogen-bond acceptors (Lipinski definition) is 3. The number of rotatable bonds is 8. The molecule has 0 amide bonds. The molecule has 0 aromatic heterocycles. The molecule has 0 radical (unpaired) electrons. The SMILES string of the molecule is CCOC(CNCC1CC=CCC1)OCC. The fraction of sp³-hybridized carbons (Fsp3) is 0.846. The highest BCUT2D eigenvalue weighted by molar-refractivity contribution is 4.90. The molecule has 1 unspecified atom stereocenters. The average Bonchev–Trinajstić information content (AvgIpc) is 2.31. The third kappa shape index (κ3) is 5.64. The van der Waals surface area contributed by atoms with E-state index in [0.717, 1.165) is 19.0 Å². The maximum absolute atomic E-state index is 5.47. The van der Waals surface area contributed by atoms with Crippen molar-refractivity contribution in [2.45, 2.75) is 39.4 Å². The van der Waals surface area contributed by atoms with E-state index in [1.807, 2.05) is 13.8 Å². The van der Waals surface area contributed by atoms with Gasteiger partial charge in [0.2, 0.25) is 0 Å². The molecule has 0 saturated heterocycles. The zero-order chi connectivity index (χ0) is 11.6. The molecule has 0 bridgehead atoms. The maximum atomic E-state index is 5.47. The summed E-state index contributed by atoms with van der Waals surface area (Å²) in [7, 11) is 0. The second-order valence-corrected chi connectivity index (χ2v) is 4.15. The summed E-state index contributed by atoms with van der Waals surface area (Å²) < 4.78 is 10.9. The van der Waals surface area contributed by atoms with Crippen LogP contribution in [0.1, 0.15) is 33.1 Å². The quantitative estimate of drug-likeness (QED) is 0.510. The smallest absolute Gasteiger partial charge is 0.169 e. The molecule has 1 aliphatic carbocycles. The van der Waals surface area contributed by atoms with E-state index in [1.54, 1.807) is 0 Å². The summed E-state index contributed by atoms with van der Waals surface area (Å²) in [5.74, 6) is 0.786. The standard InChI is InChI=1S/C13H25NO2/c1-3-15-13(16-4-2)11-14-10-12-8-6-5-7-9-12/h5-6,12-14H,3-4,7-11H2,1-2H3. The Morgan fingerprint density at radius 2 is 2.00 bits per heavy atom. The molecule has 3 nitrogen and oxygen atoms in total. The van der Waals surface area contributed by atoms with Gasteiger partial charge in [-0.3, -0.25) is 0 Å². The lowest BCUT2D eigenvalue weighted by atomic mass is 9.94. The zero-order valence-electron chi connectivity index (χ0n) is 10.6. The van der Waals surface area contributed by atoms with Gasteiger partial charge in [0.05, 0.1) is 0 Å². The lowest BCUT2D eigenvalue weighted by Crippen LogP contribution is -2.34. The van der Waals surface area contributed by atoms with Crippen LogP contribution in [0.15, 0.2) is 12.2 Å². The first-order chi connectivity index (χ1) is 7.86. The van der Waals surface area contributed by atoms with E-state index in [-0.39, 0.29) is 6.29 Å². The average molecular weight is 227 g/mol. The topological polar surface area (TPSA) is 30.5 Å². The lowest BCUT2D eigenvalue weighted by molar-refractivity contribution is -0.133. The summed E-state index contributed by atoms with van der Waals surface area (Å²) in [6.45, 7) is 7.27. The number of nitrogens with one attached hydrogen (secondary N) is 1. The summed E-state index contributed by atoms with van der Waals surface area (Å²) in [5, 5.41) is 3.44. The molecule has 1 rings (SSSR count). The van der Waals surface area contributed by atoms with Crippen molar-refractivity contribution in [2.24, 2.45) is 5.92 Å². The fourth-order valence-corrected chi connectivity index (χ4v) is 1.98. The third-order valence-electron chi connectivity index (χ3n) is 2.83. The minimum absolute atomic E-state index is 0.0888. The Bertz CT molecular complexity index is 188. The molecule has 1 atom stereocenters. The summed E-state index contributed by atoms with van der Waals surface area (Å²) in [6, 6.07) is 0. The first-order valence-electron chi connectivity index (χ1n) is 6.45. The zero-order valence-corrected chi connectivity index (χ0v) is 10.6. The summed E-state index contributed by atoms with van der Waals surface area (Å²) in [6.07, 6.45) is 8.22. The van der Waals surface area contributed by atoms with E-state index >= 15 is 0 Å². The van der Waals surface area contributed by atoms with Crippen LogP contribution < -0.4 is 5.32 Å². The van der Waals surface area contributed by atoms with Gasteiger partial charge in [0.15, 0.2) is 6.29 Å². The highest BCUT2D eigenvalue weighted by Crippen LogP contribution is 2.16. The number of hydrogen-bond donors (Lipinski definition) is 1. The Labute approximate surface area is 99.2 Å². The molecule has 0 spiro atoms. The molecular weight excluding hydrogens is 202 g/mol. The van der Waals surface area contributed by atoms with Crippen LogP contribution in [0.5, 0.6) is 0 Å². The van der Waals surface area contributed by atoms with E-state index in [9.17, 15) is 0 Å². The van der Waals surface area contributed by atoms with Gasteiger partial charge in [-0.1, -0.05) is 12.2 Å². The normalized spacial score (nSPS) is 20.6. The van der Waals surface area contributed by atoms with Gasteiger partial charge in [0.1, 0.15) is 0 Å². The van der Waals surface area contributed by atoms with Crippen LogP contribution in [-0.2, 0) is 9.47 Å². The Kier molecular flexibility index (Phi) is 7.47. The fourth-order valence-electron chi connectivity index (χ4n) is 1.98. The molecule has 94 valence electrons. The lowest BCUT2D eigenvalue weighted by Gasteiger charge is -2.21. The molecule has 1 N–H and O–H groups in total. The van der Waals surface area contributed by atoms with Crippen molar-refractivity contribution in [2.75, 3.05) is 26.3 Å². The van der Waals surface area contributed by atoms with E-state index in [1.165, 1.54) is 19.3 Å². The Hall–Kier alpha value is -0.380. The molecule has 16 heavy (non-hydrogen) atoms. The van der Waals surface area contributed by atoms with Crippen molar-refractivity contribution in [3.63, 3.8) is 0 Å². The van der Waals surface area contributed by atoms with Crippen LogP contribution in [0.25, 0.3) is 0 Å². The first kappa shape index (κ1) is 13.7.